The number of phenols is 1. The predicted octanol–water partition coefficient (Wildman–Crippen LogP) is -0.537. The molecular weight excluding hydrogens is 127 g/mol. The van der Waals surface area contributed by atoms with E-state index in [4.69, 9.17) is 5.11 Å². The Morgan fingerprint density at radius 3 is 2.60 bits per heavy atom. The molecule has 1 rings (SSSR count). The molecule has 50 valence electrons. The number of carbonyl (C=O) groups excluding carboxylic acids is 1. The summed E-state index contributed by atoms with van der Waals surface area (Å²) >= 11 is 0. The van der Waals surface area contributed by atoms with Crippen molar-refractivity contribution in [2.24, 2.45) is 0 Å². The third-order valence-electron chi connectivity index (χ3n) is 1.22. The van der Waals surface area contributed by atoms with Crippen LogP contribution in [0.4, 0.5) is 0 Å². The van der Waals surface area contributed by atoms with E-state index < -0.39 is 0 Å². The maximum atomic E-state index is 10.2. The van der Waals surface area contributed by atoms with Crippen molar-refractivity contribution in [2.75, 3.05) is 0 Å². The van der Waals surface area contributed by atoms with E-state index in [2.05, 4.69) is 0 Å². The van der Waals surface area contributed by atoms with Gasteiger partial charge in [-0.3, -0.25) is 4.79 Å². The fourth-order valence-corrected chi connectivity index (χ4v) is 0.860. The number of carbonyl (C=O) groups is 1. The Morgan fingerprint density at radius 2 is 2.10 bits per heavy atom. The minimum atomic E-state index is 0.141. The maximum absolute atomic E-state index is 10.2. The summed E-state index contributed by atoms with van der Waals surface area (Å²) in [5, 5.41) is 8.97. The van der Waals surface area contributed by atoms with E-state index in [1.54, 1.807) is 12.1 Å². The molecule has 2 nitrogen and oxygen atoms in total. The lowest BCUT2D eigenvalue weighted by molar-refractivity contribution is 0.112. The van der Waals surface area contributed by atoms with E-state index in [0.717, 1.165) is 5.46 Å². The Balaban J connectivity index is 3.18. The normalized spacial score (nSPS) is 9.20. The van der Waals surface area contributed by atoms with Gasteiger partial charge >= 0.3 is 0 Å². The average Bonchev–Trinajstić information content (AvgIpc) is 1.85. The summed E-state index contributed by atoms with van der Waals surface area (Å²) in [7, 11) is 1.83. The average molecular weight is 134 g/mol. The number of hydrogen-bond acceptors (Lipinski definition) is 2. The van der Waals surface area contributed by atoms with Crippen LogP contribution in [0.5, 0.6) is 5.75 Å². The Kier molecular flexibility index (Phi) is 1.76. The largest absolute Gasteiger partial charge is 0.508 e. The minimum Gasteiger partial charge on any atom is -0.508 e. The lowest BCUT2D eigenvalue weighted by atomic mass is 9.94. The van der Waals surface area contributed by atoms with Gasteiger partial charge in [0.05, 0.1) is 0 Å². The van der Waals surface area contributed by atoms with Gasteiger partial charge in [-0.25, -0.2) is 0 Å². The van der Waals surface area contributed by atoms with Crippen LogP contribution in [0.15, 0.2) is 18.2 Å². The molecule has 0 saturated carbocycles. The molecule has 0 radical (unpaired) electrons. The first kappa shape index (κ1) is 6.87. The van der Waals surface area contributed by atoms with Crippen molar-refractivity contribution in [2.45, 2.75) is 0 Å². The monoisotopic (exact) mass is 134 g/mol. The quantitative estimate of drug-likeness (QED) is 0.413. The molecule has 0 aliphatic rings. The van der Waals surface area contributed by atoms with Gasteiger partial charge in [0.2, 0.25) is 0 Å². The standard InChI is InChI=1S/C7H7BO2/c8-6-1-5(4-9)2-7(10)3-6/h1-4,10H,8H2. The molecule has 0 unspecified atom stereocenters. The van der Waals surface area contributed by atoms with E-state index in [-0.39, 0.29) is 5.75 Å². The highest BCUT2D eigenvalue weighted by molar-refractivity contribution is 6.32. The van der Waals surface area contributed by atoms with Gasteiger partial charge in [0.25, 0.3) is 0 Å². The number of aromatic hydroxyl groups is 1. The molecule has 0 amide bonds. The maximum Gasteiger partial charge on any atom is 0.150 e. The molecule has 0 aliphatic carbocycles. The van der Waals surface area contributed by atoms with Crippen LogP contribution >= 0.6 is 0 Å². The fourth-order valence-electron chi connectivity index (χ4n) is 0.860. The lowest BCUT2D eigenvalue weighted by Crippen LogP contribution is -2.01. The van der Waals surface area contributed by atoms with Gasteiger partial charge in [0, 0.05) is 5.56 Å². The highest BCUT2D eigenvalue weighted by atomic mass is 16.3. The summed E-state index contributed by atoms with van der Waals surface area (Å²) in [5.41, 5.74) is 1.40. The smallest absolute Gasteiger partial charge is 0.150 e. The molecule has 10 heavy (non-hydrogen) atoms. The molecule has 0 heterocycles. The Labute approximate surface area is 59.9 Å². The Bertz CT molecular complexity index is 238. The van der Waals surface area contributed by atoms with Crippen LogP contribution in [-0.4, -0.2) is 19.2 Å². The summed E-state index contributed by atoms with van der Waals surface area (Å²) < 4.78 is 0. The first-order valence-electron chi connectivity index (χ1n) is 2.98. The zero-order valence-corrected chi connectivity index (χ0v) is 5.66. The Hall–Kier alpha value is -1.25. The molecule has 3 heteroatoms. The second-order valence-electron chi connectivity index (χ2n) is 2.22. The van der Waals surface area contributed by atoms with Crippen LogP contribution in [0.2, 0.25) is 0 Å². The Morgan fingerprint density at radius 1 is 1.40 bits per heavy atom. The second kappa shape index (κ2) is 2.56. The van der Waals surface area contributed by atoms with Crippen molar-refractivity contribution in [3.05, 3.63) is 23.8 Å². The van der Waals surface area contributed by atoms with Gasteiger partial charge in [-0.1, -0.05) is 11.5 Å². The van der Waals surface area contributed by atoms with Crippen molar-refractivity contribution in [1.29, 1.82) is 0 Å². The van der Waals surface area contributed by atoms with E-state index in [1.165, 1.54) is 6.07 Å². The molecule has 0 bridgehead atoms. The minimum absolute atomic E-state index is 0.141. The predicted molar refractivity (Wildman–Crippen MR) is 41.7 cm³/mol. The molecule has 0 aromatic heterocycles. The van der Waals surface area contributed by atoms with Crippen LogP contribution in [0, 0.1) is 0 Å². The van der Waals surface area contributed by atoms with Gasteiger partial charge in [-0.2, -0.15) is 0 Å². The van der Waals surface area contributed by atoms with Crippen molar-refractivity contribution in [3.8, 4) is 5.75 Å². The summed E-state index contributed by atoms with van der Waals surface area (Å²) in [4.78, 5) is 10.2. The molecule has 0 aliphatic heterocycles. The summed E-state index contributed by atoms with van der Waals surface area (Å²) in [5.74, 6) is 0.141. The molecular formula is C7H7BO2. The number of aldehydes is 1. The van der Waals surface area contributed by atoms with E-state index in [1.807, 2.05) is 7.85 Å². The first-order valence-corrected chi connectivity index (χ1v) is 2.98. The summed E-state index contributed by atoms with van der Waals surface area (Å²) in [6.07, 6.45) is 0.715. The number of rotatable bonds is 1. The lowest BCUT2D eigenvalue weighted by Gasteiger charge is -1.95. The first-order chi connectivity index (χ1) is 4.72. The third-order valence-corrected chi connectivity index (χ3v) is 1.22. The molecule has 1 aromatic carbocycles. The molecule has 0 atom stereocenters. The van der Waals surface area contributed by atoms with Crippen LogP contribution in [0.3, 0.4) is 0 Å². The molecule has 0 fully saturated rings. The molecule has 0 saturated heterocycles. The van der Waals surface area contributed by atoms with E-state index in [9.17, 15) is 4.79 Å². The fraction of sp³-hybridized carbons (Fsp3) is 0. The van der Waals surface area contributed by atoms with Crippen molar-refractivity contribution in [3.63, 3.8) is 0 Å². The number of phenolic OH excluding ortho intramolecular Hbond substituents is 1. The summed E-state index contributed by atoms with van der Waals surface area (Å²) in [6.45, 7) is 0. The van der Waals surface area contributed by atoms with E-state index >= 15 is 0 Å². The molecule has 0 spiro atoms. The van der Waals surface area contributed by atoms with Gasteiger partial charge in [-0.15, -0.1) is 0 Å². The SMILES string of the molecule is Bc1cc(O)cc(C=O)c1. The van der Waals surface area contributed by atoms with Gasteiger partial charge in [-0.05, 0) is 12.1 Å². The van der Waals surface area contributed by atoms with E-state index in [0.29, 0.717) is 11.8 Å². The second-order valence-corrected chi connectivity index (χ2v) is 2.22. The van der Waals surface area contributed by atoms with Crippen molar-refractivity contribution in [1.82, 2.24) is 0 Å². The van der Waals surface area contributed by atoms with Crippen molar-refractivity contribution >= 4 is 19.6 Å². The van der Waals surface area contributed by atoms with Crippen LogP contribution in [-0.2, 0) is 0 Å². The molecule has 1 N–H and O–H groups in total. The van der Waals surface area contributed by atoms with Crippen molar-refractivity contribution < 1.29 is 9.90 Å². The molecule has 1 aromatic rings. The van der Waals surface area contributed by atoms with Crippen LogP contribution < -0.4 is 5.46 Å². The topological polar surface area (TPSA) is 37.3 Å². The van der Waals surface area contributed by atoms with Crippen LogP contribution in [0.1, 0.15) is 10.4 Å². The highest BCUT2D eigenvalue weighted by Crippen LogP contribution is 2.06. The number of hydrogen-bond donors (Lipinski definition) is 1. The zero-order valence-electron chi connectivity index (χ0n) is 5.66. The third kappa shape index (κ3) is 1.38. The summed E-state index contributed by atoms with van der Waals surface area (Å²) in [6, 6.07) is 4.75. The zero-order chi connectivity index (χ0) is 7.56. The van der Waals surface area contributed by atoms with Gasteiger partial charge in [0.1, 0.15) is 19.9 Å². The number of benzene rings is 1. The highest BCUT2D eigenvalue weighted by Gasteiger charge is 1.93. The van der Waals surface area contributed by atoms with Gasteiger partial charge < -0.3 is 5.11 Å². The van der Waals surface area contributed by atoms with Crippen LogP contribution in [0.25, 0.3) is 0 Å². The van der Waals surface area contributed by atoms with Gasteiger partial charge in [0.15, 0.2) is 0 Å².